The van der Waals surface area contributed by atoms with Crippen molar-refractivity contribution in [3.63, 3.8) is 0 Å². The van der Waals surface area contributed by atoms with E-state index < -0.39 is 28.1 Å². The third-order valence-corrected chi connectivity index (χ3v) is 5.06. The van der Waals surface area contributed by atoms with Gasteiger partial charge in [-0.25, -0.2) is 8.42 Å². The largest absolute Gasteiger partial charge is 0.548 e. The standard InChI is InChI=1S/C12H15NO6S/c1-19-9-2-4-10(5-3-9)20(17,18)13-7-8(14)6-11(13)12(15)16/h2-5,8,11,14H,6-7H2,1H3,(H,15,16)/p-1/t8-,11+/m0/s1. The highest BCUT2D eigenvalue weighted by Gasteiger charge is 2.40. The van der Waals surface area contributed by atoms with E-state index in [1.165, 1.54) is 31.4 Å². The molecule has 2 atom stereocenters. The Balaban J connectivity index is 2.35. The van der Waals surface area contributed by atoms with Gasteiger partial charge in [0.15, 0.2) is 0 Å². The van der Waals surface area contributed by atoms with E-state index in [0.717, 1.165) is 4.31 Å². The van der Waals surface area contributed by atoms with E-state index in [1.54, 1.807) is 0 Å². The molecule has 2 rings (SSSR count). The summed E-state index contributed by atoms with van der Waals surface area (Å²) in [5, 5.41) is 20.5. The van der Waals surface area contributed by atoms with Crippen LogP contribution in [0.4, 0.5) is 0 Å². The van der Waals surface area contributed by atoms with E-state index in [9.17, 15) is 23.4 Å². The van der Waals surface area contributed by atoms with Crippen molar-refractivity contribution in [3.05, 3.63) is 24.3 Å². The summed E-state index contributed by atoms with van der Waals surface area (Å²) in [5.41, 5.74) is 0. The Hall–Kier alpha value is -1.64. The van der Waals surface area contributed by atoms with E-state index in [2.05, 4.69) is 0 Å². The van der Waals surface area contributed by atoms with Crippen LogP contribution >= 0.6 is 0 Å². The molecular weight excluding hydrogens is 286 g/mol. The first-order valence-electron chi connectivity index (χ1n) is 5.91. The highest BCUT2D eigenvalue weighted by molar-refractivity contribution is 7.89. The van der Waals surface area contributed by atoms with Crippen molar-refractivity contribution in [1.29, 1.82) is 0 Å². The average molecular weight is 300 g/mol. The zero-order valence-electron chi connectivity index (χ0n) is 10.7. The predicted octanol–water partition coefficient (Wildman–Crippen LogP) is -1.43. The summed E-state index contributed by atoms with van der Waals surface area (Å²) in [6.07, 6.45) is -1.18. The number of aliphatic hydroxyl groups excluding tert-OH is 1. The number of carbonyl (C=O) groups is 1. The summed E-state index contributed by atoms with van der Waals surface area (Å²) in [6, 6.07) is 4.23. The van der Waals surface area contributed by atoms with Crippen LogP contribution in [-0.2, 0) is 14.8 Å². The number of rotatable bonds is 4. The first-order chi connectivity index (χ1) is 9.36. The molecule has 1 aromatic carbocycles. The first-order valence-corrected chi connectivity index (χ1v) is 7.35. The topological polar surface area (TPSA) is 107 Å². The van der Waals surface area contributed by atoms with Crippen molar-refractivity contribution in [2.75, 3.05) is 13.7 Å². The highest BCUT2D eigenvalue weighted by atomic mass is 32.2. The van der Waals surface area contributed by atoms with Crippen molar-refractivity contribution < 1.29 is 28.2 Å². The smallest absolute Gasteiger partial charge is 0.243 e. The fraction of sp³-hybridized carbons (Fsp3) is 0.417. The molecule has 1 aromatic rings. The fourth-order valence-electron chi connectivity index (χ4n) is 2.15. The minimum absolute atomic E-state index is 0.0568. The van der Waals surface area contributed by atoms with Crippen LogP contribution in [0.1, 0.15) is 6.42 Å². The van der Waals surface area contributed by atoms with Gasteiger partial charge >= 0.3 is 0 Å². The van der Waals surface area contributed by atoms with E-state index in [1.807, 2.05) is 0 Å². The van der Waals surface area contributed by atoms with Crippen molar-refractivity contribution in [2.45, 2.75) is 23.5 Å². The normalized spacial score (nSPS) is 23.7. The monoisotopic (exact) mass is 300 g/mol. The summed E-state index contributed by atoms with van der Waals surface area (Å²) >= 11 is 0. The maximum Gasteiger partial charge on any atom is 0.243 e. The predicted molar refractivity (Wildman–Crippen MR) is 66.3 cm³/mol. The van der Waals surface area contributed by atoms with Crippen LogP contribution in [0.15, 0.2) is 29.2 Å². The molecule has 0 unspecified atom stereocenters. The Kier molecular flexibility index (Phi) is 3.98. The lowest BCUT2D eigenvalue weighted by Gasteiger charge is -2.24. The summed E-state index contributed by atoms with van der Waals surface area (Å²) in [7, 11) is -2.54. The number of aliphatic hydroxyl groups is 1. The van der Waals surface area contributed by atoms with Gasteiger partial charge < -0.3 is 19.7 Å². The molecule has 0 aliphatic carbocycles. The third-order valence-electron chi connectivity index (χ3n) is 3.17. The van der Waals surface area contributed by atoms with Gasteiger partial charge in [0.2, 0.25) is 10.0 Å². The lowest BCUT2D eigenvalue weighted by atomic mass is 10.2. The quantitative estimate of drug-likeness (QED) is 0.730. The molecule has 1 fully saturated rings. The Morgan fingerprint density at radius 2 is 2.00 bits per heavy atom. The molecule has 1 N–H and O–H groups in total. The van der Waals surface area contributed by atoms with Crippen LogP contribution in [0.5, 0.6) is 5.75 Å². The zero-order chi connectivity index (χ0) is 14.9. The molecule has 8 heteroatoms. The van der Waals surface area contributed by atoms with Crippen molar-refractivity contribution in [3.8, 4) is 5.75 Å². The summed E-state index contributed by atoms with van der Waals surface area (Å²) < 4.78 is 30.4. The number of sulfonamides is 1. The van der Waals surface area contributed by atoms with Gasteiger partial charge in [-0.2, -0.15) is 4.31 Å². The molecule has 0 bridgehead atoms. The number of carbonyl (C=O) groups excluding carboxylic acids is 1. The number of carboxylic acid groups (broad SMARTS) is 1. The molecule has 110 valence electrons. The van der Waals surface area contributed by atoms with Gasteiger partial charge in [0.05, 0.1) is 30.1 Å². The van der Waals surface area contributed by atoms with Crippen molar-refractivity contribution in [1.82, 2.24) is 4.31 Å². The second kappa shape index (κ2) is 5.39. The molecule has 1 heterocycles. The van der Waals surface area contributed by atoms with Crippen LogP contribution in [0.2, 0.25) is 0 Å². The Labute approximate surface area is 116 Å². The van der Waals surface area contributed by atoms with Gasteiger partial charge in [0.1, 0.15) is 5.75 Å². The molecule has 1 aliphatic heterocycles. The van der Waals surface area contributed by atoms with Crippen LogP contribution < -0.4 is 9.84 Å². The van der Waals surface area contributed by atoms with E-state index in [-0.39, 0.29) is 17.9 Å². The van der Waals surface area contributed by atoms with Gasteiger partial charge in [0.25, 0.3) is 0 Å². The number of aliphatic carboxylic acids is 1. The number of ether oxygens (including phenoxy) is 1. The molecule has 7 nitrogen and oxygen atoms in total. The summed E-state index contributed by atoms with van der Waals surface area (Å²) in [5.74, 6) is -1.03. The van der Waals surface area contributed by atoms with E-state index in [4.69, 9.17) is 4.74 Å². The number of methoxy groups -OCH3 is 1. The second-order valence-electron chi connectivity index (χ2n) is 4.47. The van der Waals surface area contributed by atoms with Crippen LogP contribution in [-0.4, -0.2) is 49.6 Å². The molecule has 0 spiro atoms. The van der Waals surface area contributed by atoms with Gasteiger partial charge in [-0.3, -0.25) is 0 Å². The molecule has 0 saturated carbocycles. The highest BCUT2D eigenvalue weighted by Crippen LogP contribution is 2.27. The van der Waals surface area contributed by atoms with E-state index >= 15 is 0 Å². The van der Waals surface area contributed by atoms with E-state index in [0.29, 0.717) is 5.75 Å². The molecule has 0 amide bonds. The SMILES string of the molecule is COc1ccc(S(=O)(=O)N2C[C@@H](O)C[C@@H]2C(=O)[O-])cc1. The van der Waals surface area contributed by atoms with Crippen LogP contribution in [0.25, 0.3) is 0 Å². The van der Waals surface area contributed by atoms with Gasteiger partial charge in [0, 0.05) is 6.54 Å². The maximum absolute atomic E-state index is 12.4. The summed E-state index contributed by atoms with van der Waals surface area (Å²) in [4.78, 5) is 10.9. The lowest BCUT2D eigenvalue weighted by molar-refractivity contribution is -0.309. The minimum atomic E-state index is -3.99. The number of hydrogen-bond donors (Lipinski definition) is 1. The van der Waals surface area contributed by atoms with Crippen molar-refractivity contribution >= 4 is 16.0 Å². The maximum atomic E-state index is 12.4. The third kappa shape index (κ3) is 2.62. The number of carboxylic acids is 1. The first kappa shape index (κ1) is 14.8. The van der Waals surface area contributed by atoms with Gasteiger partial charge in [-0.15, -0.1) is 0 Å². The average Bonchev–Trinajstić information content (AvgIpc) is 2.82. The summed E-state index contributed by atoms with van der Waals surface area (Å²) in [6.45, 7) is -0.257. The second-order valence-corrected chi connectivity index (χ2v) is 6.37. The van der Waals surface area contributed by atoms with Crippen molar-refractivity contribution in [2.24, 2.45) is 0 Å². The number of hydrogen-bond acceptors (Lipinski definition) is 6. The minimum Gasteiger partial charge on any atom is -0.548 e. The number of nitrogens with zero attached hydrogens (tertiary/aromatic N) is 1. The fourth-order valence-corrected chi connectivity index (χ4v) is 3.77. The van der Waals surface area contributed by atoms with Gasteiger partial charge in [-0.1, -0.05) is 0 Å². The Bertz CT molecular complexity index is 597. The molecular formula is C12H14NO6S-. The molecule has 0 radical (unpaired) electrons. The Morgan fingerprint density at radius 3 is 2.50 bits per heavy atom. The molecule has 1 saturated heterocycles. The number of benzene rings is 1. The zero-order valence-corrected chi connectivity index (χ0v) is 11.5. The van der Waals surface area contributed by atoms with Gasteiger partial charge in [-0.05, 0) is 30.7 Å². The molecule has 1 aliphatic rings. The number of β-amino-alcohol motifs (C(OH)–C–C–N with tert-alkyl or cyclic N) is 1. The van der Waals surface area contributed by atoms with Crippen LogP contribution in [0, 0.1) is 0 Å². The Morgan fingerprint density at radius 1 is 1.40 bits per heavy atom. The van der Waals surface area contributed by atoms with Crippen LogP contribution in [0.3, 0.4) is 0 Å². The molecule has 0 aromatic heterocycles. The molecule has 20 heavy (non-hydrogen) atoms. The lowest BCUT2D eigenvalue weighted by Crippen LogP contribution is -2.46.